The SMILES string of the molecule is CC[C@]1(C)Cc2c(sc3nc(SCC(=O)NC(c4ccccc4)c4ccccc4)nc(N)c23)CO1. The van der Waals surface area contributed by atoms with Crippen LogP contribution in [0.1, 0.15) is 47.9 Å². The van der Waals surface area contributed by atoms with Crippen LogP contribution in [0, 0.1) is 0 Å². The van der Waals surface area contributed by atoms with Gasteiger partial charge in [-0.15, -0.1) is 11.3 Å². The standard InChI is InChI=1S/C27H28N4O2S2/c1-3-27(2)14-19-20(15-33-27)35-25-22(19)24(28)30-26(31-25)34-16-21(32)29-23(17-10-6-4-7-11-17)18-12-8-5-9-13-18/h4-13,23H,3,14-16H2,1-2H3,(H,29,32)(H2,28,30,31)/t27-/m1/s1. The maximum atomic E-state index is 13.0. The molecule has 0 spiro atoms. The van der Waals surface area contributed by atoms with Crippen molar-refractivity contribution in [3.8, 4) is 0 Å². The first kappa shape index (κ1) is 23.8. The highest BCUT2D eigenvalue weighted by molar-refractivity contribution is 7.99. The molecule has 0 aliphatic carbocycles. The Hall–Kier alpha value is -2.94. The Kier molecular flexibility index (Phi) is 6.77. The molecule has 0 radical (unpaired) electrons. The Morgan fingerprint density at radius 3 is 2.43 bits per heavy atom. The van der Waals surface area contributed by atoms with E-state index in [0.717, 1.165) is 34.2 Å². The van der Waals surface area contributed by atoms with E-state index in [-0.39, 0.29) is 23.3 Å². The zero-order chi connectivity index (χ0) is 24.4. The van der Waals surface area contributed by atoms with Gasteiger partial charge in [0.1, 0.15) is 10.6 Å². The molecule has 0 saturated heterocycles. The molecule has 1 aliphatic heterocycles. The first-order chi connectivity index (χ1) is 17.0. The number of nitrogens with two attached hydrogens (primary N) is 1. The molecule has 35 heavy (non-hydrogen) atoms. The molecule has 0 saturated carbocycles. The van der Waals surface area contributed by atoms with Gasteiger partial charge >= 0.3 is 0 Å². The van der Waals surface area contributed by atoms with Gasteiger partial charge in [0.15, 0.2) is 5.16 Å². The number of thioether (sulfide) groups is 1. The molecular weight excluding hydrogens is 476 g/mol. The molecule has 3 heterocycles. The van der Waals surface area contributed by atoms with Gasteiger partial charge in [-0.2, -0.15) is 0 Å². The second kappa shape index (κ2) is 9.97. The van der Waals surface area contributed by atoms with E-state index in [2.05, 4.69) is 24.1 Å². The number of hydrogen-bond acceptors (Lipinski definition) is 7. The molecule has 1 atom stereocenters. The largest absolute Gasteiger partial charge is 0.383 e. The molecule has 2 aromatic heterocycles. The van der Waals surface area contributed by atoms with Crippen LogP contribution in [0.4, 0.5) is 5.82 Å². The van der Waals surface area contributed by atoms with Crippen molar-refractivity contribution in [3.05, 3.63) is 82.2 Å². The highest BCUT2D eigenvalue weighted by Crippen LogP contribution is 2.41. The van der Waals surface area contributed by atoms with E-state index in [0.29, 0.717) is 17.6 Å². The molecule has 1 amide bonds. The number of nitrogen functional groups attached to an aromatic ring is 1. The fraction of sp³-hybridized carbons (Fsp3) is 0.296. The smallest absolute Gasteiger partial charge is 0.231 e. The van der Waals surface area contributed by atoms with Crippen molar-refractivity contribution >= 4 is 45.0 Å². The van der Waals surface area contributed by atoms with E-state index in [9.17, 15) is 4.79 Å². The van der Waals surface area contributed by atoms with E-state index >= 15 is 0 Å². The number of thiophene rings is 1. The maximum absolute atomic E-state index is 13.0. The van der Waals surface area contributed by atoms with Gasteiger partial charge in [-0.3, -0.25) is 4.79 Å². The zero-order valence-corrected chi connectivity index (χ0v) is 21.4. The number of nitrogens with zero attached hydrogens (tertiary/aromatic N) is 2. The van der Waals surface area contributed by atoms with Gasteiger partial charge in [0.25, 0.3) is 0 Å². The monoisotopic (exact) mass is 504 g/mol. The molecule has 6 nitrogen and oxygen atoms in total. The summed E-state index contributed by atoms with van der Waals surface area (Å²) >= 11 is 2.91. The molecule has 4 aromatic rings. The molecule has 8 heteroatoms. The molecule has 0 fully saturated rings. The lowest BCUT2D eigenvalue weighted by Crippen LogP contribution is -2.33. The minimum Gasteiger partial charge on any atom is -0.383 e. The molecule has 0 bridgehead atoms. The summed E-state index contributed by atoms with van der Waals surface area (Å²) in [7, 11) is 0. The maximum Gasteiger partial charge on any atom is 0.231 e. The Labute approximate surface area is 213 Å². The van der Waals surface area contributed by atoms with Crippen molar-refractivity contribution in [2.24, 2.45) is 0 Å². The summed E-state index contributed by atoms with van der Waals surface area (Å²) in [5.74, 6) is 0.582. The van der Waals surface area contributed by atoms with E-state index < -0.39 is 0 Å². The third-order valence-corrected chi connectivity index (χ3v) is 8.44. The summed E-state index contributed by atoms with van der Waals surface area (Å²) in [6.45, 7) is 4.85. The lowest BCUT2D eigenvalue weighted by Gasteiger charge is -2.33. The fourth-order valence-electron chi connectivity index (χ4n) is 4.35. The van der Waals surface area contributed by atoms with Crippen molar-refractivity contribution in [2.45, 2.75) is 50.1 Å². The number of fused-ring (bicyclic) bond motifs is 3. The molecule has 0 unspecified atom stereocenters. The van der Waals surface area contributed by atoms with Crippen molar-refractivity contribution in [1.29, 1.82) is 0 Å². The average Bonchev–Trinajstić information content (AvgIpc) is 3.25. The lowest BCUT2D eigenvalue weighted by molar-refractivity contribution is -0.119. The minimum atomic E-state index is -0.226. The third-order valence-electron chi connectivity index (χ3n) is 6.50. The molecular formula is C27H28N4O2S2. The molecule has 3 N–H and O–H groups in total. The summed E-state index contributed by atoms with van der Waals surface area (Å²) < 4.78 is 6.09. The Morgan fingerprint density at radius 2 is 1.80 bits per heavy atom. The van der Waals surface area contributed by atoms with Crippen LogP contribution in [0.5, 0.6) is 0 Å². The van der Waals surface area contributed by atoms with Gasteiger partial charge in [-0.25, -0.2) is 9.97 Å². The Bertz CT molecular complexity index is 1300. The summed E-state index contributed by atoms with van der Waals surface area (Å²) in [5.41, 5.74) is 9.48. The first-order valence-corrected chi connectivity index (χ1v) is 13.5. The number of rotatable bonds is 7. The van der Waals surface area contributed by atoms with Crippen LogP contribution in [0.2, 0.25) is 0 Å². The van der Waals surface area contributed by atoms with Gasteiger partial charge in [-0.05, 0) is 30.0 Å². The van der Waals surface area contributed by atoms with Crippen molar-refractivity contribution in [1.82, 2.24) is 15.3 Å². The number of aromatic nitrogens is 2. The fourth-order valence-corrected chi connectivity index (χ4v) is 6.18. The van der Waals surface area contributed by atoms with E-state index in [4.69, 9.17) is 15.5 Å². The summed E-state index contributed by atoms with van der Waals surface area (Å²) in [4.78, 5) is 24.3. The summed E-state index contributed by atoms with van der Waals surface area (Å²) in [6.07, 6.45) is 1.74. The minimum absolute atomic E-state index is 0.0902. The van der Waals surface area contributed by atoms with Crippen LogP contribution >= 0.6 is 23.1 Å². The molecule has 1 aliphatic rings. The van der Waals surface area contributed by atoms with Crippen LogP contribution in [-0.2, 0) is 22.6 Å². The van der Waals surface area contributed by atoms with Crippen LogP contribution < -0.4 is 11.1 Å². The number of anilines is 1. The van der Waals surface area contributed by atoms with Crippen molar-refractivity contribution in [2.75, 3.05) is 11.5 Å². The number of carbonyl (C=O) groups excluding carboxylic acids is 1. The van der Waals surface area contributed by atoms with Gasteiger partial charge < -0.3 is 15.8 Å². The number of carbonyl (C=O) groups is 1. The highest BCUT2D eigenvalue weighted by Gasteiger charge is 2.33. The van der Waals surface area contributed by atoms with Crippen molar-refractivity contribution < 1.29 is 9.53 Å². The summed E-state index contributed by atoms with van der Waals surface area (Å²) in [5, 5.41) is 4.62. The number of hydrogen-bond donors (Lipinski definition) is 2. The molecule has 2 aromatic carbocycles. The van der Waals surface area contributed by atoms with Gasteiger partial charge in [0.2, 0.25) is 5.91 Å². The molecule has 180 valence electrons. The van der Waals surface area contributed by atoms with Gasteiger partial charge in [0, 0.05) is 11.3 Å². The van der Waals surface area contributed by atoms with E-state index in [1.807, 2.05) is 60.7 Å². The highest BCUT2D eigenvalue weighted by atomic mass is 32.2. The number of benzene rings is 2. The van der Waals surface area contributed by atoms with Crippen molar-refractivity contribution in [3.63, 3.8) is 0 Å². The second-order valence-electron chi connectivity index (χ2n) is 8.95. The van der Waals surface area contributed by atoms with Crippen LogP contribution in [0.25, 0.3) is 10.2 Å². The predicted molar refractivity (Wildman–Crippen MR) is 143 cm³/mol. The number of amides is 1. The topological polar surface area (TPSA) is 90.1 Å². The van der Waals surface area contributed by atoms with E-state index in [1.165, 1.54) is 22.2 Å². The van der Waals surface area contributed by atoms with E-state index in [1.54, 1.807) is 11.3 Å². The second-order valence-corrected chi connectivity index (χ2v) is 11.0. The number of nitrogens with one attached hydrogen (secondary N) is 1. The normalized spacial score (nSPS) is 17.5. The third kappa shape index (κ3) is 5.05. The summed E-state index contributed by atoms with van der Waals surface area (Å²) in [6, 6.07) is 19.7. The zero-order valence-electron chi connectivity index (χ0n) is 19.8. The Morgan fingerprint density at radius 1 is 1.14 bits per heavy atom. The van der Waals surface area contributed by atoms with Crippen LogP contribution in [0.3, 0.4) is 0 Å². The average molecular weight is 505 g/mol. The first-order valence-electron chi connectivity index (χ1n) is 11.7. The van der Waals surface area contributed by atoms with Crippen LogP contribution in [-0.4, -0.2) is 27.2 Å². The molecule has 5 rings (SSSR count). The lowest BCUT2D eigenvalue weighted by atomic mass is 9.90. The van der Waals surface area contributed by atoms with Crippen LogP contribution in [0.15, 0.2) is 65.8 Å². The quantitative estimate of drug-likeness (QED) is 0.255. The van der Waals surface area contributed by atoms with Gasteiger partial charge in [0.05, 0.1) is 29.4 Å². The van der Waals surface area contributed by atoms with Gasteiger partial charge in [-0.1, -0.05) is 79.3 Å². The predicted octanol–water partition coefficient (Wildman–Crippen LogP) is 5.51. The Balaban J connectivity index is 1.32. The number of ether oxygens (including phenoxy) is 1.